The Hall–Kier alpha value is -1.59. The molecule has 1 aliphatic heterocycles. The second kappa shape index (κ2) is 7.99. The highest BCUT2D eigenvalue weighted by Gasteiger charge is 2.49. The topological polar surface area (TPSA) is 44.8 Å². The van der Waals surface area contributed by atoms with Crippen LogP contribution >= 0.6 is 0 Å². The Bertz CT molecular complexity index is 550. The van der Waals surface area contributed by atoms with Crippen LogP contribution in [0.25, 0.3) is 0 Å². The van der Waals surface area contributed by atoms with Gasteiger partial charge in [0, 0.05) is 0 Å². The van der Waals surface area contributed by atoms with Crippen molar-refractivity contribution in [3.63, 3.8) is 0 Å². The second-order valence-corrected chi connectivity index (χ2v) is 7.05. The van der Waals surface area contributed by atoms with Gasteiger partial charge in [0.25, 0.3) is 0 Å². The average molecular weight is 330 g/mol. The molecule has 4 nitrogen and oxygen atoms in total. The lowest BCUT2D eigenvalue weighted by Crippen LogP contribution is -2.41. The SMILES string of the molecule is CC1(C)OB(/C=C/CCCCOC(=O)c2ccccc2)OC1(C)C. The summed E-state index contributed by atoms with van der Waals surface area (Å²) in [5, 5.41) is 0. The van der Waals surface area contributed by atoms with Crippen LogP contribution in [0.5, 0.6) is 0 Å². The fourth-order valence-corrected chi connectivity index (χ4v) is 2.36. The van der Waals surface area contributed by atoms with E-state index in [1.54, 1.807) is 12.1 Å². The number of rotatable bonds is 7. The molecule has 5 heteroatoms. The van der Waals surface area contributed by atoms with Crippen molar-refractivity contribution < 1.29 is 18.8 Å². The third kappa shape index (κ3) is 4.95. The van der Waals surface area contributed by atoms with Crippen LogP contribution in [0, 0.1) is 0 Å². The molecule has 24 heavy (non-hydrogen) atoms. The molecule has 0 atom stereocenters. The quantitative estimate of drug-likeness (QED) is 0.427. The van der Waals surface area contributed by atoms with Crippen LogP contribution in [0.2, 0.25) is 0 Å². The molecule has 1 aliphatic rings. The first-order chi connectivity index (χ1) is 11.3. The first-order valence-corrected chi connectivity index (χ1v) is 8.56. The van der Waals surface area contributed by atoms with Crippen molar-refractivity contribution in [2.75, 3.05) is 6.61 Å². The lowest BCUT2D eigenvalue weighted by atomic mass is 9.89. The van der Waals surface area contributed by atoms with Crippen molar-refractivity contribution in [3.05, 3.63) is 47.9 Å². The molecular formula is C19H27BO4. The lowest BCUT2D eigenvalue weighted by Gasteiger charge is -2.32. The van der Waals surface area contributed by atoms with Crippen LogP contribution in [0.4, 0.5) is 0 Å². The van der Waals surface area contributed by atoms with Gasteiger partial charge < -0.3 is 14.0 Å². The van der Waals surface area contributed by atoms with Crippen LogP contribution in [0.3, 0.4) is 0 Å². The van der Waals surface area contributed by atoms with E-state index >= 15 is 0 Å². The Kier molecular flexibility index (Phi) is 6.24. The smallest absolute Gasteiger partial charge is 0.462 e. The van der Waals surface area contributed by atoms with E-state index < -0.39 is 0 Å². The number of allylic oxidation sites excluding steroid dienone is 1. The summed E-state index contributed by atoms with van der Waals surface area (Å²) < 4.78 is 17.0. The van der Waals surface area contributed by atoms with Gasteiger partial charge in [-0.15, -0.1) is 0 Å². The molecule has 0 aliphatic carbocycles. The third-order valence-electron chi connectivity index (χ3n) is 4.57. The van der Waals surface area contributed by atoms with Gasteiger partial charge in [0.1, 0.15) is 0 Å². The maximum Gasteiger partial charge on any atom is 0.486 e. The number of esters is 1. The number of ether oxygens (including phenoxy) is 1. The molecule has 1 fully saturated rings. The van der Waals surface area contributed by atoms with E-state index in [0.717, 1.165) is 19.3 Å². The molecule has 0 N–H and O–H groups in total. The van der Waals surface area contributed by atoms with Gasteiger partial charge in [-0.3, -0.25) is 0 Å². The molecule has 0 aromatic heterocycles. The summed E-state index contributed by atoms with van der Waals surface area (Å²) in [6.07, 6.45) is 4.78. The normalized spacial score (nSPS) is 18.9. The Balaban J connectivity index is 1.60. The van der Waals surface area contributed by atoms with Crippen molar-refractivity contribution in [2.24, 2.45) is 0 Å². The molecule has 0 amide bonds. The summed E-state index contributed by atoms with van der Waals surface area (Å²) in [5.74, 6) is 1.70. The standard InChI is InChI=1S/C19H27BO4/c1-18(2)19(3,4)24-20(23-18)14-10-5-6-11-15-22-17(21)16-12-8-7-9-13-16/h7-10,12-14H,5-6,11,15H2,1-4H3/b14-10+. The monoisotopic (exact) mass is 330 g/mol. The predicted octanol–water partition coefficient (Wildman–Crippen LogP) is 4.20. The Morgan fingerprint density at radius 2 is 1.71 bits per heavy atom. The first-order valence-electron chi connectivity index (χ1n) is 8.56. The van der Waals surface area contributed by atoms with Crippen molar-refractivity contribution in [1.29, 1.82) is 0 Å². The van der Waals surface area contributed by atoms with Crippen LogP contribution in [0.1, 0.15) is 57.3 Å². The summed E-state index contributed by atoms with van der Waals surface area (Å²) in [5.41, 5.74) is -0.000425. The number of hydrogen-bond acceptors (Lipinski definition) is 4. The molecule has 1 aromatic rings. The van der Waals surface area contributed by atoms with Crippen molar-refractivity contribution in [3.8, 4) is 0 Å². The summed E-state index contributed by atoms with van der Waals surface area (Å²) in [6, 6.07) is 9.06. The summed E-state index contributed by atoms with van der Waals surface area (Å²) >= 11 is 0. The van der Waals surface area contributed by atoms with Crippen LogP contribution in [0.15, 0.2) is 42.4 Å². The highest BCUT2D eigenvalue weighted by atomic mass is 16.7. The second-order valence-electron chi connectivity index (χ2n) is 7.05. The molecule has 0 unspecified atom stereocenters. The highest BCUT2D eigenvalue weighted by Crippen LogP contribution is 2.36. The predicted molar refractivity (Wildman–Crippen MR) is 95.8 cm³/mol. The maximum absolute atomic E-state index is 11.8. The molecule has 130 valence electrons. The molecule has 0 radical (unpaired) electrons. The number of carbonyl (C=O) groups excluding carboxylic acids is 1. The molecule has 0 bridgehead atoms. The zero-order valence-electron chi connectivity index (χ0n) is 15.1. The minimum Gasteiger partial charge on any atom is -0.462 e. The number of hydrogen-bond donors (Lipinski definition) is 0. The van der Waals surface area contributed by atoms with E-state index in [1.165, 1.54) is 0 Å². The fraction of sp³-hybridized carbons (Fsp3) is 0.526. The van der Waals surface area contributed by atoms with Gasteiger partial charge in [0.2, 0.25) is 0 Å². The number of benzene rings is 1. The third-order valence-corrected chi connectivity index (χ3v) is 4.57. The zero-order chi connectivity index (χ0) is 17.6. The van der Waals surface area contributed by atoms with E-state index in [0.29, 0.717) is 12.2 Å². The maximum atomic E-state index is 11.8. The van der Waals surface area contributed by atoms with E-state index in [2.05, 4.69) is 6.08 Å². The molecule has 1 saturated heterocycles. The lowest BCUT2D eigenvalue weighted by molar-refractivity contribution is 0.00578. The van der Waals surface area contributed by atoms with Gasteiger partial charge in [-0.2, -0.15) is 0 Å². The van der Waals surface area contributed by atoms with E-state index in [9.17, 15) is 4.79 Å². The minimum atomic E-state index is -0.298. The van der Waals surface area contributed by atoms with Crippen molar-refractivity contribution in [1.82, 2.24) is 0 Å². The van der Waals surface area contributed by atoms with Gasteiger partial charge in [-0.1, -0.05) is 30.3 Å². The molecule has 1 heterocycles. The van der Waals surface area contributed by atoms with Crippen molar-refractivity contribution >= 4 is 13.1 Å². The largest absolute Gasteiger partial charge is 0.486 e. The average Bonchev–Trinajstić information content (AvgIpc) is 2.74. The zero-order valence-corrected chi connectivity index (χ0v) is 15.1. The van der Waals surface area contributed by atoms with Crippen LogP contribution in [-0.2, 0) is 14.0 Å². The van der Waals surface area contributed by atoms with Crippen LogP contribution in [-0.4, -0.2) is 30.9 Å². The number of carbonyl (C=O) groups is 1. The van der Waals surface area contributed by atoms with Gasteiger partial charge in [0.15, 0.2) is 0 Å². The fourth-order valence-electron chi connectivity index (χ4n) is 2.36. The van der Waals surface area contributed by atoms with E-state index in [1.807, 2.05) is 51.9 Å². The van der Waals surface area contributed by atoms with E-state index in [-0.39, 0.29) is 24.3 Å². The van der Waals surface area contributed by atoms with Crippen LogP contribution < -0.4 is 0 Å². The Labute approximate surface area is 145 Å². The Morgan fingerprint density at radius 1 is 1.08 bits per heavy atom. The molecule has 2 rings (SSSR count). The molecular weight excluding hydrogens is 303 g/mol. The summed E-state index contributed by atoms with van der Waals surface area (Å²) in [4.78, 5) is 11.8. The van der Waals surface area contributed by atoms with Crippen molar-refractivity contribution in [2.45, 2.75) is 58.2 Å². The minimum absolute atomic E-state index is 0.261. The van der Waals surface area contributed by atoms with Gasteiger partial charge in [-0.05, 0) is 59.1 Å². The summed E-state index contributed by atoms with van der Waals surface area (Å²) in [6.45, 7) is 8.62. The van der Waals surface area contributed by atoms with E-state index in [4.69, 9.17) is 14.0 Å². The van der Waals surface area contributed by atoms with Gasteiger partial charge in [0.05, 0.1) is 23.4 Å². The molecule has 1 aromatic carbocycles. The van der Waals surface area contributed by atoms with Gasteiger partial charge >= 0.3 is 13.1 Å². The highest BCUT2D eigenvalue weighted by molar-refractivity contribution is 6.51. The number of unbranched alkanes of at least 4 members (excludes halogenated alkanes) is 2. The summed E-state index contributed by atoms with van der Waals surface area (Å²) in [7, 11) is -0.286. The molecule has 0 saturated carbocycles. The Morgan fingerprint density at radius 3 is 2.33 bits per heavy atom. The van der Waals surface area contributed by atoms with Gasteiger partial charge in [-0.25, -0.2) is 4.79 Å². The first kappa shape index (κ1) is 18.7. The molecule has 0 spiro atoms.